The minimum absolute atomic E-state index is 0.298. The number of hydrogen-bond donors (Lipinski definition) is 2. The predicted molar refractivity (Wildman–Crippen MR) is 128 cm³/mol. The van der Waals surface area contributed by atoms with Gasteiger partial charge in [0.1, 0.15) is 0 Å². The number of para-hydroxylation sites is 1. The van der Waals surface area contributed by atoms with Gasteiger partial charge in [0.15, 0.2) is 0 Å². The first-order valence-corrected chi connectivity index (χ1v) is 10.1. The summed E-state index contributed by atoms with van der Waals surface area (Å²) in [5.41, 5.74) is 6.47. The van der Waals surface area contributed by atoms with Crippen molar-refractivity contribution in [1.29, 1.82) is 0 Å². The third-order valence-electron chi connectivity index (χ3n) is 4.84. The molecule has 0 saturated carbocycles. The summed E-state index contributed by atoms with van der Waals surface area (Å²) in [6.45, 7) is 1.97. The molecule has 0 aliphatic heterocycles. The summed E-state index contributed by atoms with van der Waals surface area (Å²) in [6, 6.07) is 19.1. The Morgan fingerprint density at radius 1 is 1.00 bits per heavy atom. The van der Waals surface area contributed by atoms with Crippen molar-refractivity contribution in [2.24, 2.45) is 0 Å². The number of hydrogen-bond acceptors (Lipinski definition) is 3. The van der Waals surface area contributed by atoms with E-state index < -0.39 is 0 Å². The normalized spacial score (nSPS) is 13.0. The van der Waals surface area contributed by atoms with Gasteiger partial charge in [0.25, 0.3) is 0 Å². The molecule has 2 N–H and O–H groups in total. The highest BCUT2D eigenvalue weighted by Crippen LogP contribution is 2.28. The van der Waals surface area contributed by atoms with E-state index in [9.17, 15) is 4.79 Å². The average Bonchev–Trinajstić information content (AvgIpc) is 2.75. The molecule has 0 fully saturated rings. The molecule has 0 unspecified atom stereocenters. The Labute approximate surface area is 181 Å². The fourth-order valence-electron chi connectivity index (χ4n) is 3.37. The van der Waals surface area contributed by atoms with Gasteiger partial charge in [-0.25, -0.2) is 4.79 Å². The minimum atomic E-state index is -0.298. The number of pyridine rings is 1. The zero-order valence-corrected chi connectivity index (χ0v) is 17.4. The summed E-state index contributed by atoms with van der Waals surface area (Å²) in [5.74, 6) is 0. The molecular formula is C25H21N3OS. The van der Waals surface area contributed by atoms with E-state index in [2.05, 4.69) is 15.6 Å². The van der Waals surface area contributed by atoms with Crippen molar-refractivity contribution in [1.82, 2.24) is 4.98 Å². The molecule has 0 radical (unpaired) electrons. The lowest BCUT2D eigenvalue weighted by atomic mass is 9.96. The summed E-state index contributed by atoms with van der Waals surface area (Å²) < 4.78 is 0. The van der Waals surface area contributed by atoms with Gasteiger partial charge >= 0.3 is 6.03 Å². The lowest BCUT2D eigenvalue weighted by Gasteiger charge is -2.16. The first-order chi connectivity index (χ1) is 14.6. The molecule has 1 aliphatic rings. The molecular weight excluding hydrogens is 390 g/mol. The predicted octanol–water partition coefficient (Wildman–Crippen LogP) is 6.41. The summed E-state index contributed by atoms with van der Waals surface area (Å²) in [5, 5.41) is 5.84. The van der Waals surface area contributed by atoms with Crippen LogP contribution in [-0.2, 0) is 0 Å². The second-order valence-electron chi connectivity index (χ2n) is 7.02. The van der Waals surface area contributed by atoms with Gasteiger partial charge < -0.3 is 10.6 Å². The maximum atomic E-state index is 12.6. The van der Waals surface area contributed by atoms with E-state index in [0.717, 1.165) is 50.6 Å². The van der Waals surface area contributed by atoms with Gasteiger partial charge in [-0.05, 0) is 54.0 Å². The molecule has 0 saturated heterocycles. The number of amides is 2. The van der Waals surface area contributed by atoms with Crippen LogP contribution in [0.5, 0.6) is 0 Å². The van der Waals surface area contributed by atoms with Gasteiger partial charge in [-0.3, -0.25) is 4.98 Å². The molecule has 0 atom stereocenters. The lowest BCUT2D eigenvalue weighted by Crippen LogP contribution is -2.20. The molecule has 1 aromatic heterocycles. The fraction of sp³-hybridized carbons (Fsp3) is 0.0800. The number of carbonyl (C=O) groups excluding carboxylic acids is 1. The number of allylic oxidation sites excluding steroid dienone is 4. The molecule has 2 aromatic carbocycles. The zero-order chi connectivity index (χ0) is 20.9. The number of aromatic nitrogens is 1. The molecule has 1 aliphatic carbocycles. The van der Waals surface area contributed by atoms with Crippen molar-refractivity contribution in [3.05, 3.63) is 96.3 Å². The first kappa shape index (κ1) is 19.7. The Morgan fingerprint density at radius 3 is 2.57 bits per heavy atom. The van der Waals surface area contributed by atoms with Gasteiger partial charge in [0, 0.05) is 34.4 Å². The Kier molecular flexibility index (Phi) is 5.82. The molecule has 148 valence electrons. The first-order valence-electron chi connectivity index (χ1n) is 9.71. The van der Waals surface area contributed by atoms with E-state index in [1.54, 1.807) is 6.20 Å². The number of aryl methyl sites for hydroxylation is 1. The molecule has 2 amide bonds. The van der Waals surface area contributed by atoms with Crippen LogP contribution in [-0.4, -0.2) is 15.9 Å². The van der Waals surface area contributed by atoms with Crippen LogP contribution in [0.15, 0.2) is 85.1 Å². The van der Waals surface area contributed by atoms with Crippen LogP contribution in [0.4, 0.5) is 16.2 Å². The highest BCUT2D eigenvalue weighted by molar-refractivity contribution is 7.81. The highest BCUT2D eigenvalue weighted by atomic mass is 32.1. The van der Waals surface area contributed by atoms with E-state index in [1.807, 2.05) is 85.8 Å². The summed E-state index contributed by atoms with van der Waals surface area (Å²) in [4.78, 5) is 17.7. The number of carbonyl (C=O) groups is 1. The maximum absolute atomic E-state index is 12.6. The van der Waals surface area contributed by atoms with E-state index in [0.29, 0.717) is 0 Å². The number of anilines is 2. The molecule has 5 heteroatoms. The molecule has 30 heavy (non-hydrogen) atoms. The summed E-state index contributed by atoms with van der Waals surface area (Å²) in [7, 11) is 0. The van der Waals surface area contributed by atoms with E-state index >= 15 is 0 Å². The average molecular weight is 412 g/mol. The number of benzene rings is 2. The highest BCUT2D eigenvalue weighted by Gasteiger charge is 2.14. The molecule has 0 bridgehead atoms. The van der Waals surface area contributed by atoms with Crippen LogP contribution in [0.2, 0.25) is 0 Å². The zero-order valence-electron chi connectivity index (χ0n) is 16.6. The molecule has 0 spiro atoms. The van der Waals surface area contributed by atoms with Crippen molar-refractivity contribution >= 4 is 40.1 Å². The Balaban J connectivity index is 1.48. The van der Waals surface area contributed by atoms with Gasteiger partial charge in [0.2, 0.25) is 0 Å². The van der Waals surface area contributed by atoms with E-state index in [1.165, 1.54) is 0 Å². The Morgan fingerprint density at radius 2 is 1.80 bits per heavy atom. The number of nitrogens with zero attached hydrogens (tertiary/aromatic N) is 1. The van der Waals surface area contributed by atoms with Gasteiger partial charge in [-0.2, -0.15) is 0 Å². The molecule has 1 heterocycles. The topological polar surface area (TPSA) is 54.0 Å². The smallest absolute Gasteiger partial charge is 0.308 e. The lowest BCUT2D eigenvalue weighted by molar-refractivity contribution is 0.262. The standard InChI is InChI=1S/C25H21N3OS/c1-17-16-19(14-15-26-17)18-10-12-20(13-11-18)27-25(29)28-23-8-4-2-6-21(23)22-7-3-5-9-24(22)30/h2-8,10-16H,9H2,1H3,(H2,27,28,29). The van der Waals surface area contributed by atoms with Crippen LogP contribution in [0.3, 0.4) is 0 Å². The van der Waals surface area contributed by atoms with Gasteiger partial charge in [-0.1, -0.05) is 60.8 Å². The molecule has 4 rings (SSSR count). The number of thiocarbonyl (C=S) groups is 1. The van der Waals surface area contributed by atoms with Crippen LogP contribution in [0, 0.1) is 6.92 Å². The summed E-state index contributed by atoms with van der Waals surface area (Å²) in [6.07, 6.45) is 8.55. The number of nitrogens with one attached hydrogen (secondary N) is 2. The second kappa shape index (κ2) is 8.84. The van der Waals surface area contributed by atoms with Gasteiger partial charge in [-0.15, -0.1) is 0 Å². The van der Waals surface area contributed by atoms with Crippen molar-refractivity contribution in [3.63, 3.8) is 0 Å². The fourth-order valence-corrected chi connectivity index (χ4v) is 3.64. The van der Waals surface area contributed by atoms with Crippen molar-refractivity contribution in [3.8, 4) is 11.1 Å². The number of rotatable bonds is 4. The van der Waals surface area contributed by atoms with Crippen LogP contribution >= 0.6 is 12.2 Å². The van der Waals surface area contributed by atoms with Crippen LogP contribution < -0.4 is 10.6 Å². The van der Waals surface area contributed by atoms with Crippen LogP contribution in [0.25, 0.3) is 16.7 Å². The number of urea groups is 1. The van der Waals surface area contributed by atoms with E-state index in [-0.39, 0.29) is 6.03 Å². The minimum Gasteiger partial charge on any atom is -0.308 e. The quantitative estimate of drug-likeness (QED) is 0.488. The third-order valence-corrected chi connectivity index (χ3v) is 5.23. The Bertz CT molecular complexity index is 1160. The van der Waals surface area contributed by atoms with Crippen molar-refractivity contribution in [2.75, 3.05) is 10.6 Å². The van der Waals surface area contributed by atoms with Crippen molar-refractivity contribution < 1.29 is 4.79 Å². The summed E-state index contributed by atoms with van der Waals surface area (Å²) >= 11 is 5.50. The maximum Gasteiger partial charge on any atom is 0.323 e. The third kappa shape index (κ3) is 4.53. The largest absolute Gasteiger partial charge is 0.323 e. The SMILES string of the molecule is Cc1cc(-c2ccc(NC(=O)Nc3ccccc3C3=CC=CCC3=S)cc2)ccn1. The molecule has 4 nitrogen and oxygen atoms in total. The van der Waals surface area contributed by atoms with E-state index in [4.69, 9.17) is 12.2 Å². The monoisotopic (exact) mass is 411 g/mol. The van der Waals surface area contributed by atoms with Gasteiger partial charge in [0.05, 0.1) is 5.69 Å². The van der Waals surface area contributed by atoms with Crippen LogP contribution in [0.1, 0.15) is 17.7 Å². The second-order valence-corrected chi connectivity index (χ2v) is 7.52. The molecule has 3 aromatic rings. The Hall–Kier alpha value is -3.57. The van der Waals surface area contributed by atoms with Crippen molar-refractivity contribution in [2.45, 2.75) is 13.3 Å².